The Morgan fingerprint density at radius 1 is 0.805 bits per heavy atom. The first-order valence-electron chi connectivity index (χ1n) is 14.8. The maximum absolute atomic E-state index is 12.5. The summed E-state index contributed by atoms with van der Waals surface area (Å²) in [4.78, 5) is 19.2. The largest absolute Gasteiger partial charge is 0.444 e. The number of aliphatic hydroxyl groups excluding tert-OH is 1. The highest BCUT2D eigenvalue weighted by Crippen LogP contribution is 2.44. The minimum atomic E-state index is -0.498. The number of ether oxygens (including phenoxy) is 1. The van der Waals surface area contributed by atoms with Gasteiger partial charge in [-0.3, -0.25) is 9.80 Å². The fraction of sp³-hybridized carbons (Fsp3) is 0.400. The van der Waals surface area contributed by atoms with Crippen LogP contribution in [0.15, 0.2) is 103 Å². The third kappa shape index (κ3) is 6.56. The fourth-order valence-electron chi connectivity index (χ4n) is 6.13. The van der Waals surface area contributed by atoms with Crippen LogP contribution < -0.4 is 0 Å². The first-order chi connectivity index (χ1) is 19.8. The lowest BCUT2D eigenvalue weighted by Gasteiger charge is -2.48. The van der Waals surface area contributed by atoms with E-state index < -0.39 is 17.2 Å². The minimum Gasteiger partial charge on any atom is -0.444 e. The van der Waals surface area contributed by atoms with Gasteiger partial charge >= 0.3 is 6.09 Å². The Morgan fingerprint density at radius 3 is 1.76 bits per heavy atom. The quantitative estimate of drug-likeness (QED) is 0.322. The molecular weight excluding hydrogens is 510 g/mol. The molecule has 5 rings (SSSR count). The first-order valence-corrected chi connectivity index (χ1v) is 14.8. The Hall–Kier alpha value is -3.45. The van der Waals surface area contributed by atoms with Crippen molar-refractivity contribution >= 4 is 6.09 Å². The zero-order chi connectivity index (χ0) is 28.9. The molecule has 6 nitrogen and oxygen atoms in total. The molecule has 2 heterocycles. The molecule has 0 saturated carbocycles. The summed E-state index contributed by atoms with van der Waals surface area (Å²) in [5, 5.41) is 11.1. The molecule has 2 saturated heterocycles. The van der Waals surface area contributed by atoms with Crippen LogP contribution in [0.5, 0.6) is 0 Å². The van der Waals surface area contributed by atoms with E-state index in [0.29, 0.717) is 26.1 Å². The summed E-state index contributed by atoms with van der Waals surface area (Å²) in [5.74, 6) is 0. The summed E-state index contributed by atoms with van der Waals surface area (Å²) >= 11 is 0. The number of benzene rings is 3. The molecule has 3 aromatic rings. The molecular formula is C35H43N3O3. The number of aliphatic hydroxyl groups is 1. The van der Waals surface area contributed by atoms with Gasteiger partial charge in [0.1, 0.15) is 5.60 Å². The van der Waals surface area contributed by atoms with Crippen molar-refractivity contribution in [2.75, 3.05) is 45.8 Å². The van der Waals surface area contributed by atoms with Gasteiger partial charge in [-0.25, -0.2) is 4.79 Å². The Labute approximate surface area is 244 Å². The first kappa shape index (κ1) is 29.1. The van der Waals surface area contributed by atoms with E-state index in [-0.39, 0.29) is 6.09 Å². The van der Waals surface area contributed by atoms with E-state index in [4.69, 9.17) is 4.74 Å². The van der Waals surface area contributed by atoms with Gasteiger partial charge in [-0.05, 0) is 49.5 Å². The molecule has 6 heteroatoms. The predicted octanol–water partition coefficient (Wildman–Crippen LogP) is 5.52. The van der Waals surface area contributed by atoms with Crippen LogP contribution in [-0.2, 0) is 10.3 Å². The van der Waals surface area contributed by atoms with Gasteiger partial charge in [0, 0.05) is 45.8 Å². The summed E-state index contributed by atoms with van der Waals surface area (Å²) in [5.41, 5.74) is 3.71. The molecule has 0 aliphatic carbocycles. The number of hydrogen-bond donors (Lipinski definition) is 1. The van der Waals surface area contributed by atoms with Gasteiger partial charge in [0.25, 0.3) is 0 Å². The van der Waals surface area contributed by atoms with E-state index in [2.05, 4.69) is 107 Å². The average molecular weight is 554 g/mol. The Kier molecular flexibility index (Phi) is 8.93. The number of piperazine rings is 1. The van der Waals surface area contributed by atoms with Gasteiger partial charge in [0.2, 0.25) is 0 Å². The van der Waals surface area contributed by atoms with E-state index in [9.17, 15) is 9.90 Å². The van der Waals surface area contributed by atoms with Crippen molar-refractivity contribution in [3.8, 4) is 0 Å². The lowest BCUT2D eigenvalue weighted by atomic mass is 9.74. The number of rotatable bonds is 6. The van der Waals surface area contributed by atoms with Crippen molar-refractivity contribution in [2.45, 2.75) is 44.4 Å². The SMILES string of the molecule is CC(C)(C)OC(=O)N1CCN(C/C=C2/CN(C(c3ccccc3)(c3ccccc3)c3ccccc3)CCC2O)CC1. The molecule has 1 unspecified atom stereocenters. The summed E-state index contributed by atoms with van der Waals surface area (Å²) in [6.07, 6.45) is 2.18. The maximum atomic E-state index is 12.5. The molecule has 0 aromatic heterocycles. The summed E-state index contributed by atoms with van der Waals surface area (Å²) in [6.45, 7) is 10.7. The molecule has 1 N–H and O–H groups in total. The zero-order valence-corrected chi connectivity index (χ0v) is 24.6. The van der Waals surface area contributed by atoms with Gasteiger partial charge in [0.15, 0.2) is 0 Å². The number of nitrogens with zero attached hydrogens (tertiary/aromatic N) is 3. The number of piperidine rings is 1. The standard InChI is InChI=1S/C35H43N3O3/c1-34(2,3)41-33(40)37-25-23-36(24-26-37)21-19-28-27-38(22-20-32(28)39)35(29-13-7-4-8-14-29,30-15-9-5-10-16-30)31-17-11-6-12-18-31/h4-19,32,39H,20-27H2,1-3H3/b28-19-. The second kappa shape index (κ2) is 12.6. The van der Waals surface area contributed by atoms with Crippen molar-refractivity contribution in [3.63, 3.8) is 0 Å². The number of amides is 1. The smallest absolute Gasteiger partial charge is 0.410 e. The van der Waals surface area contributed by atoms with Crippen LogP contribution in [0.25, 0.3) is 0 Å². The molecule has 2 aliphatic rings. The van der Waals surface area contributed by atoms with E-state index in [0.717, 1.165) is 31.8 Å². The van der Waals surface area contributed by atoms with E-state index >= 15 is 0 Å². The van der Waals surface area contributed by atoms with Crippen LogP contribution in [0.3, 0.4) is 0 Å². The van der Waals surface area contributed by atoms with Crippen molar-refractivity contribution in [3.05, 3.63) is 119 Å². The maximum Gasteiger partial charge on any atom is 0.410 e. The van der Waals surface area contributed by atoms with Crippen LogP contribution in [0.4, 0.5) is 4.79 Å². The van der Waals surface area contributed by atoms with E-state index in [1.165, 1.54) is 16.7 Å². The Bertz CT molecular complexity index is 1200. The zero-order valence-electron chi connectivity index (χ0n) is 24.6. The molecule has 0 spiro atoms. The molecule has 1 atom stereocenters. The van der Waals surface area contributed by atoms with E-state index in [1.807, 2.05) is 20.8 Å². The van der Waals surface area contributed by atoms with Gasteiger partial charge in [0.05, 0.1) is 11.6 Å². The predicted molar refractivity (Wildman–Crippen MR) is 164 cm³/mol. The minimum absolute atomic E-state index is 0.243. The van der Waals surface area contributed by atoms with Crippen LogP contribution in [-0.4, -0.2) is 83.4 Å². The summed E-state index contributed by atoms with van der Waals surface area (Å²) in [6, 6.07) is 32.2. The second-order valence-corrected chi connectivity index (χ2v) is 12.1. The highest BCUT2D eigenvalue weighted by molar-refractivity contribution is 5.68. The number of carbonyl (C=O) groups is 1. The molecule has 3 aromatic carbocycles. The number of hydrogen-bond acceptors (Lipinski definition) is 5. The van der Waals surface area contributed by atoms with Crippen molar-refractivity contribution in [2.24, 2.45) is 0 Å². The summed E-state index contributed by atoms with van der Waals surface area (Å²) in [7, 11) is 0. The highest BCUT2D eigenvalue weighted by Gasteiger charge is 2.44. The van der Waals surface area contributed by atoms with Gasteiger partial charge in [-0.2, -0.15) is 0 Å². The third-order valence-corrected chi connectivity index (χ3v) is 8.16. The summed E-state index contributed by atoms with van der Waals surface area (Å²) < 4.78 is 5.55. The molecule has 1 amide bonds. The number of carbonyl (C=O) groups excluding carboxylic acids is 1. The highest BCUT2D eigenvalue weighted by atomic mass is 16.6. The average Bonchev–Trinajstić information content (AvgIpc) is 2.99. The lowest BCUT2D eigenvalue weighted by Crippen LogP contribution is -2.53. The third-order valence-electron chi connectivity index (χ3n) is 8.16. The Balaban J connectivity index is 1.40. The number of likely N-dealkylation sites (tertiary alicyclic amines) is 1. The second-order valence-electron chi connectivity index (χ2n) is 12.1. The lowest BCUT2D eigenvalue weighted by molar-refractivity contribution is 0.0153. The van der Waals surface area contributed by atoms with Crippen molar-refractivity contribution < 1.29 is 14.6 Å². The van der Waals surface area contributed by atoms with Gasteiger partial charge < -0.3 is 14.7 Å². The van der Waals surface area contributed by atoms with Crippen molar-refractivity contribution in [1.29, 1.82) is 0 Å². The molecule has 2 aliphatic heterocycles. The monoisotopic (exact) mass is 553 g/mol. The molecule has 2 fully saturated rings. The molecule has 41 heavy (non-hydrogen) atoms. The molecule has 0 radical (unpaired) electrons. The van der Waals surface area contributed by atoms with E-state index in [1.54, 1.807) is 4.90 Å². The van der Waals surface area contributed by atoms with Crippen molar-refractivity contribution in [1.82, 2.24) is 14.7 Å². The van der Waals surface area contributed by atoms with Crippen LogP contribution in [0, 0.1) is 0 Å². The fourth-order valence-corrected chi connectivity index (χ4v) is 6.13. The van der Waals surface area contributed by atoms with Crippen LogP contribution in [0.2, 0.25) is 0 Å². The molecule has 0 bridgehead atoms. The van der Waals surface area contributed by atoms with Crippen LogP contribution in [0.1, 0.15) is 43.9 Å². The Morgan fingerprint density at radius 2 is 1.29 bits per heavy atom. The topological polar surface area (TPSA) is 56.2 Å². The normalized spacial score (nSPS) is 20.2. The van der Waals surface area contributed by atoms with Gasteiger partial charge in [-0.15, -0.1) is 0 Å². The van der Waals surface area contributed by atoms with Gasteiger partial charge in [-0.1, -0.05) is 97.1 Å². The molecule has 216 valence electrons. The van der Waals surface area contributed by atoms with Crippen LogP contribution >= 0.6 is 0 Å².